The van der Waals surface area contributed by atoms with E-state index in [1.54, 1.807) is 48.5 Å². The minimum Gasteiger partial charge on any atom is -0.507 e. The number of hydrazone groups is 1. The van der Waals surface area contributed by atoms with Crippen molar-refractivity contribution in [1.29, 1.82) is 0 Å². The van der Waals surface area contributed by atoms with Gasteiger partial charge in [-0.25, -0.2) is 13.8 Å². The number of rotatable bonds is 7. The summed E-state index contributed by atoms with van der Waals surface area (Å²) < 4.78 is 27.7. The normalized spacial score (nSPS) is 11.4. The molecular weight excluding hydrogens is 414 g/mol. The number of nitrogens with zero attached hydrogens (tertiary/aromatic N) is 2. The molecule has 3 aromatic rings. The van der Waals surface area contributed by atoms with Gasteiger partial charge in [0.05, 0.1) is 16.8 Å². The molecule has 0 aliphatic carbocycles. The zero-order valence-electron chi connectivity index (χ0n) is 17.2. The second-order valence-electron chi connectivity index (χ2n) is 7.02. The van der Waals surface area contributed by atoms with E-state index in [0.717, 1.165) is 15.4 Å². The highest BCUT2D eigenvalue weighted by atomic mass is 32.2. The van der Waals surface area contributed by atoms with Gasteiger partial charge in [0.15, 0.2) is 0 Å². The van der Waals surface area contributed by atoms with E-state index in [9.17, 15) is 18.3 Å². The second kappa shape index (κ2) is 9.44. The first-order valence-corrected chi connectivity index (χ1v) is 11.0. The van der Waals surface area contributed by atoms with Crippen LogP contribution in [0.25, 0.3) is 0 Å². The Morgan fingerprint density at radius 3 is 2.26 bits per heavy atom. The molecule has 0 aliphatic heterocycles. The number of nitrogens with one attached hydrogen (secondary N) is 1. The van der Waals surface area contributed by atoms with Crippen molar-refractivity contribution < 1.29 is 18.3 Å². The van der Waals surface area contributed by atoms with E-state index in [-0.39, 0.29) is 10.6 Å². The van der Waals surface area contributed by atoms with Crippen molar-refractivity contribution in [3.05, 3.63) is 89.5 Å². The van der Waals surface area contributed by atoms with Gasteiger partial charge < -0.3 is 5.11 Å². The van der Waals surface area contributed by atoms with Crippen molar-refractivity contribution >= 4 is 27.8 Å². The van der Waals surface area contributed by atoms with Gasteiger partial charge in [-0.15, -0.1) is 0 Å². The van der Waals surface area contributed by atoms with Gasteiger partial charge in [0.25, 0.3) is 15.9 Å². The Hall–Kier alpha value is -3.65. The molecule has 0 heterocycles. The number of carbonyl (C=O) groups is 1. The van der Waals surface area contributed by atoms with Gasteiger partial charge >= 0.3 is 0 Å². The van der Waals surface area contributed by atoms with E-state index < -0.39 is 22.5 Å². The molecule has 0 radical (unpaired) electrons. The lowest BCUT2D eigenvalue weighted by Crippen LogP contribution is -2.39. The quantitative estimate of drug-likeness (QED) is 0.437. The summed E-state index contributed by atoms with van der Waals surface area (Å²) in [6.45, 7) is 3.26. The van der Waals surface area contributed by atoms with Crippen molar-refractivity contribution in [1.82, 2.24) is 5.43 Å². The molecule has 0 aliphatic rings. The molecule has 0 saturated heterocycles. The van der Waals surface area contributed by atoms with Gasteiger partial charge in [-0.1, -0.05) is 36.4 Å². The fraction of sp³-hybridized carbons (Fsp3) is 0.130. The maximum Gasteiger partial charge on any atom is 0.264 e. The Morgan fingerprint density at radius 1 is 1.00 bits per heavy atom. The molecule has 0 fully saturated rings. The molecule has 0 atom stereocenters. The van der Waals surface area contributed by atoms with E-state index >= 15 is 0 Å². The highest BCUT2D eigenvalue weighted by Gasteiger charge is 2.27. The Balaban J connectivity index is 1.88. The number of benzene rings is 3. The molecule has 31 heavy (non-hydrogen) atoms. The van der Waals surface area contributed by atoms with Crippen LogP contribution in [0.4, 0.5) is 5.69 Å². The summed E-state index contributed by atoms with van der Waals surface area (Å²) in [7, 11) is -3.99. The zero-order chi connectivity index (χ0) is 22.4. The van der Waals surface area contributed by atoms with Crippen LogP contribution in [0.5, 0.6) is 5.75 Å². The fourth-order valence-corrected chi connectivity index (χ4v) is 4.49. The molecule has 0 unspecified atom stereocenters. The van der Waals surface area contributed by atoms with Crippen LogP contribution in [0.1, 0.15) is 16.7 Å². The van der Waals surface area contributed by atoms with Crippen molar-refractivity contribution in [3.8, 4) is 5.75 Å². The Bertz CT molecular complexity index is 1190. The van der Waals surface area contributed by atoms with Gasteiger partial charge in [0.2, 0.25) is 0 Å². The molecule has 2 N–H and O–H groups in total. The summed E-state index contributed by atoms with van der Waals surface area (Å²) in [6.07, 6.45) is 1.29. The third kappa shape index (κ3) is 5.49. The van der Waals surface area contributed by atoms with Crippen LogP contribution in [0.3, 0.4) is 0 Å². The Morgan fingerprint density at radius 2 is 1.61 bits per heavy atom. The monoisotopic (exact) mass is 437 g/mol. The molecule has 1 amide bonds. The number of hydrogen-bond acceptors (Lipinski definition) is 5. The predicted molar refractivity (Wildman–Crippen MR) is 121 cm³/mol. The third-order valence-corrected chi connectivity index (χ3v) is 6.23. The summed E-state index contributed by atoms with van der Waals surface area (Å²) >= 11 is 0. The fourth-order valence-electron chi connectivity index (χ4n) is 3.07. The van der Waals surface area contributed by atoms with Crippen LogP contribution in [0.2, 0.25) is 0 Å². The number of phenols is 1. The average Bonchev–Trinajstić information content (AvgIpc) is 2.73. The van der Waals surface area contributed by atoms with Gasteiger partial charge in [0.1, 0.15) is 12.3 Å². The van der Waals surface area contributed by atoms with E-state index in [1.807, 2.05) is 19.9 Å². The van der Waals surface area contributed by atoms with Crippen LogP contribution in [0.15, 0.2) is 82.8 Å². The first kappa shape index (κ1) is 22.0. The van der Waals surface area contributed by atoms with Crippen molar-refractivity contribution in [2.75, 3.05) is 10.8 Å². The van der Waals surface area contributed by atoms with Crippen LogP contribution in [0, 0.1) is 13.8 Å². The summed E-state index contributed by atoms with van der Waals surface area (Å²) in [6, 6.07) is 19.8. The maximum absolute atomic E-state index is 13.3. The average molecular weight is 438 g/mol. The Labute approximate surface area is 181 Å². The van der Waals surface area contributed by atoms with Crippen LogP contribution < -0.4 is 9.73 Å². The predicted octanol–water partition coefficient (Wildman–Crippen LogP) is 3.35. The largest absolute Gasteiger partial charge is 0.507 e. The smallest absolute Gasteiger partial charge is 0.264 e. The topological polar surface area (TPSA) is 99.1 Å². The minimum atomic E-state index is -3.99. The second-order valence-corrected chi connectivity index (χ2v) is 8.88. The number of carbonyl (C=O) groups excluding carboxylic acids is 1. The molecule has 3 rings (SSSR count). The lowest BCUT2D eigenvalue weighted by atomic mass is 10.1. The SMILES string of the molecule is Cc1cc(C)cc(N(CC(=O)NN=Cc2ccccc2O)S(=O)(=O)c2ccccc2)c1. The highest BCUT2D eigenvalue weighted by Crippen LogP contribution is 2.25. The van der Waals surface area contributed by atoms with Gasteiger partial charge in [0, 0.05) is 5.56 Å². The first-order valence-electron chi connectivity index (χ1n) is 9.53. The summed E-state index contributed by atoms with van der Waals surface area (Å²) in [4.78, 5) is 12.6. The number of aromatic hydroxyl groups is 1. The van der Waals surface area contributed by atoms with Crippen LogP contribution in [-0.4, -0.2) is 32.2 Å². The number of para-hydroxylation sites is 1. The van der Waals surface area contributed by atoms with Gasteiger partial charge in [-0.05, 0) is 61.4 Å². The lowest BCUT2D eigenvalue weighted by Gasteiger charge is -2.24. The summed E-state index contributed by atoms with van der Waals surface area (Å²) in [5.74, 6) is -0.602. The molecule has 0 saturated carbocycles. The van der Waals surface area contributed by atoms with Crippen LogP contribution in [-0.2, 0) is 14.8 Å². The van der Waals surface area contributed by atoms with Crippen LogP contribution >= 0.6 is 0 Å². The minimum absolute atomic E-state index is 0.0176. The number of hydrogen-bond donors (Lipinski definition) is 2. The number of phenolic OH excluding ortho intramolecular Hbond substituents is 1. The molecule has 8 heteroatoms. The molecule has 0 bridgehead atoms. The molecule has 0 spiro atoms. The van der Waals surface area contributed by atoms with Gasteiger partial charge in [-0.3, -0.25) is 9.10 Å². The summed E-state index contributed by atoms with van der Waals surface area (Å²) in [5.41, 5.74) is 4.89. The standard InChI is InChI=1S/C23H23N3O4S/c1-17-12-18(2)14-20(13-17)26(31(29,30)21-9-4-3-5-10-21)16-23(28)25-24-15-19-8-6-7-11-22(19)27/h3-15,27H,16H2,1-2H3,(H,25,28). The molecule has 0 aromatic heterocycles. The third-order valence-electron chi connectivity index (χ3n) is 4.44. The Kier molecular flexibility index (Phi) is 6.71. The lowest BCUT2D eigenvalue weighted by molar-refractivity contribution is -0.119. The van der Waals surface area contributed by atoms with E-state index in [0.29, 0.717) is 11.3 Å². The number of amides is 1. The molecule has 3 aromatic carbocycles. The maximum atomic E-state index is 13.3. The van der Waals surface area contributed by atoms with E-state index in [4.69, 9.17) is 0 Å². The molecular formula is C23H23N3O4S. The van der Waals surface area contributed by atoms with Gasteiger partial charge in [-0.2, -0.15) is 5.10 Å². The van der Waals surface area contributed by atoms with Crippen molar-refractivity contribution in [2.45, 2.75) is 18.7 Å². The molecule has 160 valence electrons. The van der Waals surface area contributed by atoms with Crippen molar-refractivity contribution in [3.63, 3.8) is 0 Å². The van der Waals surface area contributed by atoms with Crippen molar-refractivity contribution in [2.24, 2.45) is 5.10 Å². The summed E-state index contributed by atoms with van der Waals surface area (Å²) in [5, 5.41) is 13.6. The number of aryl methyl sites for hydroxylation is 2. The molecule has 7 nitrogen and oxygen atoms in total. The number of sulfonamides is 1. The highest BCUT2D eigenvalue weighted by molar-refractivity contribution is 7.92. The van der Waals surface area contributed by atoms with E-state index in [1.165, 1.54) is 24.4 Å². The number of anilines is 1. The zero-order valence-corrected chi connectivity index (χ0v) is 18.0. The van der Waals surface area contributed by atoms with E-state index in [2.05, 4.69) is 10.5 Å². The first-order chi connectivity index (χ1) is 14.8.